The number of alkyl halides is 1. The number of aromatic nitrogens is 1. The van der Waals surface area contributed by atoms with E-state index in [1.54, 1.807) is 23.6 Å². The number of sulfone groups is 1. The van der Waals surface area contributed by atoms with E-state index in [1.165, 1.54) is 18.5 Å². The summed E-state index contributed by atoms with van der Waals surface area (Å²) >= 11 is 6.61. The second-order valence-electron chi connectivity index (χ2n) is 4.96. The number of hydrogen-bond donors (Lipinski definition) is 1. The number of hydrogen-bond acceptors (Lipinski definition) is 6. The summed E-state index contributed by atoms with van der Waals surface area (Å²) in [6.45, 7) is -0.253. The van der Waals surface area contributed by atoms with E-state index in [0.717, 1.165) is 11.3 Å². The fourth-order valence-electron chi connectivity index (χ4n) is 2.06. The van der Waals surface area contributed by atoms with Crippen molar-refractivity contribution in [1.82, 2.24) is 9.71 Å². The highest BCUT2D eigenvalue weighted by Crippen LogP contribution is 2.30. The molecule has 2 aromatic rings. The van der Waals surface area contributed by atoms with Crippen LogP contribution in [-0.4, -0.2) is 40.0 Å². The highest BCUT2D eigenvalue weighted by atomic mass is 35.5. The predicted molar refractivity (Wildman–Crippen MR) is 95.6 cm³/mol. The van der Waals surface area contributed by atoms with Gasteiger partial charge in [0.15, 0.2) is 9.84 Å². The Morgan fingerprint density at radius 3 is 2.58 bits per heavy atom. The quantitative estimate of drug-likeness (QED) is 0.642. The Morgan fingerprint density at radius 1 is 1.21 bits per heavy atom. The van der Waals surface area contributed by atoms with Crippen LogP contribution >= 0.6 is 22.9 Å². The molecule has 1 unspecified atom stereocenters. The third kappa shape index (κ3) is 5.00. The van der Waals surface area contributed by atoms with Gasteiger partial charge in [-0.1, -0.05) is 12.1 Å². The molecule has 0 aromatic carbocycles. The van der Waals surface area contributed by atoms with Crippen LogP contribution in [0.4, 0.5) is 0 Å². The predicted octanol–water partition coefficient (Wildman–Crippen LogP) is 2.21. The first-order chi connectivity index (χ1) is 11.4. The first kappa shape index (κ1) is 19.3. The van der Waals surface area contributed by atoms with E-state index in [0.29, 0.717) is 12.0 Å². The third-order valence-corrected chi connectivity index (χ3v) is 8.47. The summed E-state index contributed by atoms with van der Waals surface area (Å²) in [4.78, 5) is 3.94. The average Bonchev–Trinajstić information content (AvgIpc) is 3.09. The molecule has 0 bridgehead atoms. The maximum Gasteiger partial charge on any atom is 0.211 e. The van der Waals surface area contributed by atoms with Crippen molar-refractivity contribution in [2.24, 2.45) is 0 Å². The molecule has 2 heterocycles. The summed E-state index contributed by atoms with van der Waals surface area (Å²) in [5.74, 6) is 0.0791. The molecule has 0 aliphatic rings. The molecule has 132 valence electrons. The van der Waals surface area contributed by atoms with E-state index in [4.69, 9.17) is 11.6 Å². The molecule has 0 radical (unpaired) electrons. The summed E-state index contributed by atoms with van der Waals surface area (Å²) in [7, 11) is -7.32. The summed E-state index contributed by atoms with van der Waals surface area (Å²) in [5, 5.41) is 0.619. The highest BCUT2D eigenvalue weighted by molar-refractivity contribution is 7.93. The Kier molecular flexibility index (Phi) is 6.76. The maximum atomic E-state index is 12.9. The minimum atomic E-state index is -3.73. The first-order valence-electron chi connectivity index (χ1n) is 7.07. The van der Waals surface area contributed by atoms with Crippen LogP contribution in [0.3, 0.4) is 0 Å². The van der Waals surface area contributed by atoms with Gasteiger partial charge >= 0.3 is 0 Å². The molecule has 2 aromatic heterocycles. The van der Waals surface area contributed by atoms with E-state index in [9.17, 15) is 16.8 Å². The first-order valence-corrected chi connectivity index (χ1v) is 11.7. The highest BCUT2D eigenvalue weighted by Gasteiger charge is 2.31. The van der Waals surface area contributed by atoms with Crippen LogP contribution in [0.5, 0.6) is 0 Å². The fourth-order valence-corrected chi connectivity index (χ4v) is 6.39. The van der Waals surface area contributed by atoms with Crippen LogP contribution in [0.1, 0.15) is 17.2 Å². The summed E-state index contributed by atoms with van der Waals surface area (Å²) in [6, 6.07) is 6.39. The zero-order valence-electron chi connectivity index (χ0n) is 12.6. The zero-order chi connectivity index (χ0) is 17.6. The van der Waals surface area contributed by atoms with Gasteiger partial charge in [-0.2, -0.15) is 0 Å². The Bertz CT molecular complexity index is 837. The van der Waals surface area contributed by atoms with Crippen LogP contribution in [-0.2, 0) is 19.9 Å². The van der Waals surface area contributed by atoms with Gasteiger partial charge < -0.3 is 0 Å². The number of nitrogens with one attached hydrogen (secondary N) is 1. The number of pyridine rings is 1. The molecule has 24 heavy (non-hydrogen) atoms. The summed E-state index contributed by atoms with van der Waals surface area (Å²) in [5.41, 5.74) is 0.436. The second kappa shape index (κ2) is 8.39. The lowest BCUT2D eigenvalue weighted by Crippen LogP contribution is -2.33. The zero-order valence-corrected chi connectivity index (χ0v) is 15.8. The van der Waals surface area contributed by atoms with Gasteiger partial charge in [0.2, 0.25) is 10.0 Å². The van der Waals surface area contributed by atoms with Gasteiger partial charge in [0.1, 0.15) is 9.46 Å². The van der Waals surface area contributed by atoms with Crippen molar-refractivity contribution in [2.45, 2.75) is 15.9 Å². The van der Waals surface area contributed by atoms with Gasteiger partial charge in [0, 0.05) is 24.8 Å². The van der Waals surface area contributed by atoms with E-state index >= 15 is 0 Å². The topological polar surface area (TPSA) is 93.2 Å². The van der Waals surface area contributed by atoms with Crippen LogP contribution in [0.2, 0.25) is 0 Å². The number of thiophene rings is 1. The number of nitrogens with zero attached hydrogens (tertiary/aromatic N) is 1. The Labute approximate surface area is 150 Å². The molecule has 0 aliphatic heterocycles. The van der Waals surface area contributed by atoms with Crippen LogP contribution in [0.25, 0.3) is 0 Å². The van der Waals surface area contributed by atoms with Gasteiger partial charge in [0.05, 0.1) is 5.75 Å². The Hall–Kier alpha value is -1.000. The molecule has 0 saturated heterocycles. The van der Waals surface area contributed by atoms with Crippen molar-refractivity contribution in [3.63, 3.8) is 0 Å². The minimum Gasteiger partial charge on any atom is -0.264 e. The molecule has 0 fully saturated rings. The van der Waals surface area contributed by atoms with Crippen molar-refractivity contribution in [3.05, 3.63) is 47.6 Å². The molecular weight excluding hydrogens is 392 g/mol. The number of rotatable bonds is 9. The van der Waals surface area contributed by atoms with E-state index in [-0.39, 0.29) is 22.4 Å². The summed E-state index contributed by atoms with van der Waals surface area (Å²) in [6.07, 6.45) is 3.26. The molecule has 6 nitrogen and oxygen atoms in total. The van der Waals surface area contributed by atoms with Gasteiger partial charge in [-0.05, 0) is 29.5 Å². The van der Waals surface area contributed by atoms with Crippen molar-refractivity contribution in [2.75, 3.05) is 18.2 Å². The number of halogens is 1. The lowest BCUT2D eigenvalue weighted by molar-refractivity contribution is 0.569. The maximum absolute atomic E-state index is 12.9. The van der Waals surface area contributed by atoms with Crippen molar-refractivity contribution >= 4 is 42.8 Å². The van der Waals surface area contributed by atoms with Gasteiger partial charge in [0.25, 0.3) is 0 Å². The lowest BCUT2D eigenvalue weighted by atomic mass is 10.2. The van der Waals surface area contributed by atoms with Crippen molar-refractivity contribution in [3.8, 4) is 0 Å². The van der Waals surface area contributed by atoms with Crippen LogP contribution < -0.4 is 4.72 Å². The Balaban J connectivity index is 2.29. The van der Waals surface area contributed by atoms with Gasteiger partial charge in [-0.25, -0.2) is 21.6 Å². The molecule has 0 spiro atoms. The Morgan fingerprint density at radius 2 is 2.00 bits per heavy atom. The molecular formula is C14H17ClN2O4S3. The molecule has 2 rings (SSSR count). The van der Waals surface area contributed by atoms with E-state index < -0.39 is 25.1 Å². The molecule has 0 saturated carbocycles. The van der Waals surface area contributed by atoms with Gasteiger partial charge in [-0.15, -0.1) is 22.9 Å². The standard InChI is InChI=1S/C14H17ClN2O4S3/c15-6-3-9-23(18,19)17-11-13(12-4-1-7-16-10-12)24(20,21)14-5-2-8-22-14/h1-2,4-5,7-8,10,13,17H,3,6,9,11H2. The largest absolute Gasteiger partial charge is 0.264 e. The molecule has 10 heteroatoms. The van der Waals surface area contributed by atoms with Crippen molar-refractivity contribution in [1.29, 1.82) is 0 Å². The molecule has 1 N–H and O–H groups in total. The van der Waals surface area contributed by atoms with E-state index in [1.807, 2.05) is 0 Å². The molecule has 1 atom stereocenters. The molecule has 0 amide bonds. The SMILES string of the molecule is O=S(=O)(CCCCl)NCC(c1cccnc1)S(=O)(=O)c1cccs1. The second-order valence-corrected chi connectivity index (χ2v) is 10.6. The van der Waals surface area contributed by atoms with Crippen molar-refractivity contribution < 1.29 is 16.8 Å². The third-order valence-electron chi connectivity index (χ3n) is 3.24. The normalized spacial score (nSPS) is 13.7. The smallest absolute Gasteiger partial charge is 0.211 e. The summed E-state index contributed by atoms with van der Waals surface area (Å²) < 4.78 is 52.2. The van der Waals surface area contributed by atoms with E-state index in [2.05, 4.69) is 9.71 Å². The fraction of sp³-hybridized carbons (Fsp3) is 0.357. The molecule has 0 aliphatic carbocycles. The number of sulfonamides is 1. The minimum absolute atomic E-state index is 0.144. The monoisotopic (exact) mass is 408 g/mol. The lowest BCUT2D eigenvalue weighted by Gasteiger charge is -2.17. The van der Waals surface area contributed by atoms with Crippen LogP contribution in [0, 0.1) is 0 Å². The average molecular weight is 409 g/mol. The van der Waals surface area contributed by atoms with Crippen LogP contribution in [0.15, 0.2) is 46.2 Å². The van der Waals surface area contributed by atoms with Gasteiger partial charge in [-0.3, -0.25) is 4.98 Å².